The summed E-state index contributed by atoms with van der Waals surface area (Å²) in [5.74, 6) is 3.99. The fourth-order valence-electron chi connectivity index (χ4n) is 3.58. The normalized spacial score (nSPS) is 34.9. The molecule has 0 N–H and O–H groups in total. The topological polar surface area (TPSA) is 0 Å². The number of rotatable bonds is 6. The van der Waals surface area contributed by atoms with Crippen molar-refractivity contribution in [1.29, 1.82) is 0 Å². The van der Waals surface area contributed by atoms with E-state index in [1.807, 2.05) is 0 Å². The van der Waals surface area contributed by atoms with E-state index in [9.17, 15) is 0 Å². The van der Waals surface area contributed by atoms with Crippen LogP contribution in [-0.4, -0.2) is 0 Å². The molecule has 15 heavy (non-hydrogen) atoms. The van der Waals surface area contributed by atoms with Gasteiger partial charge in [-0.25, -0.2) is 0 Å². The molecular formula is C15H26. The maximum absolute atomic E-state index is 2.51. The molecule has 0 nitrogen and oxygen atoms in total. The van der Waals surface area contributed by atoms with Gasteiger partial charge in [0.25, 0.3) is 0 Å². The van der Waals surface area contributed by atoms with Crippen molar-refractivity contribution < 1.29 is 0 Å². The van der Waals surface area contributed by atoms with Crippen LogP contribution in [0.3, 0.4) is 0 Å². The predicted molar refractivity (Wildman–Crippen MR) is 66.8 cm³/mol. The van der Waals surface area contributed by atoms with Gasteiger partial charge >= 0.3 is 0 Å². The Bertz CT molecular complexity index is 216. The second kappa shape index (κ2) is 5.18. The van der Waals surface area contributed by atoms with Gasteiger partial charge in [-0.3, -0.25) is 0 Å². The molecule has 0 heterocycles. The van der Waals surface area contributed by atoms with E-state index in [4.69, 9.17) is 0 Å². The molecule has 1 fully saturated rings. The van der Waals surface area contributed by atoms with Crippen LogP contribution in [0, 0.1) is 23.7 Å². The monoisotopic (exact) mass is 206 g/mol. The summed E-state index contributed by atoms with van der Waals surface area (Å²) in [4.78, 5) is 0. The second-order valence-electron chi connectivity index (χ2n) is 5.69. The van der Waals surface area contributed by atoms with Gasteiger partial charge in [-0.1, -0.05) is 51.7 Å². The minimum atomic E-state index is 0.962. The molecule has 0 heteroatoms. The SMILES string of the molecule is CCCCC(CC)CC1CC2C=CC1C2. The third kappa shape index (κ3) is 2.65. The molecular weight excluding hydrogens is 180 g/mol. The Morgan fingerprint density at radius 1 is 1.20 bits per heavy atom. The van der Waals surface area contributed by atoms with Gasteiger partial charge in [0.1, 0.15) is 0 Å². The van der Waals surface area contributed by atoms with Crippen LogP contribution in [-0.2, 0) is 0 Å². The summed E-state index contributed by atoms with van der Waals surface area (Å²) >= 11 is 0. The maximum atomic E-state index is 2.51. The minimum Gasteiger partial charge on any atom is -0.0851 e. The van der Waals surface area contributed by atoms with Gasteiger partial charge in [0.05, 0.1) is 0 Å². The Hall–Kier alpha value is -0.260. The molecule has 0 amide bonds. The van der Waals surface area contributed by atoms with Crippen LogP contribution < -0.4 is 0 Å². The van der Waals surface area contributed by atoms with E-state index in [0.29, 0.717) is 0 Å². The lowest BCUT2D eigenvalue weighted by molar-refractivity contribution is 0.305. The van der Waals surface area contributed by atoms with Crippen LogP contribution in [0.1, 0.15) is 58.8 Å². The average Bonchev–Trinajstić information content (AvgIpc) is 2.85. The lowest BCUT2D eigenvalue weighted by Crippen LogP contribution is -2.12. The Morgan fingerprint density at radius 3 is 2.60 bits per heavy atom. The van der Waals surface area contributed by atoms with Gasteiger partial charge in [-0.15, -0.1) is 0 Å². The van der Waals surface area contributed by atoms with Crippen LogP contribution in [0.4, 0.5) is 0 Å². The van der Waals surface area contributed by atoms with Gasteiger partial charge in [0.15, 0.2) is 0 Å². The summed E-state index contributed by atoms with van der Waals surface area (Å²) in [7, 11) is 0. The molecule has 0 radical (unpaired) electrons. The van der Waals surface area contributed by atoms with Crippen molar-refractivity contribution in [2.45, 2.75) is 58.8 Å². The molecule has 0 aliphatic heterocycles. The summed E-state index contributed by atoms with van der Waals surface area (Å²) in [6.07, 6.45) is 15.2. The van der Waals surface area contributed by atoms with Crippen LogP contribution in [0.2, 0.25) is 0 Å². The molecule has 0 aromatic rings. The first-order valence-corrected chi connectivity index (χ1v) is 7.01. The zero-order valence-corrected chi connectivity index (χ0v) is 10.4. The Labute approximate surface area is 95.1 Å². The van der Waals surface area contributed by atoms with Crippen LogP contribution in [0.5, 0.6) is 0 Å². The van der Waals surface area contributed by atoms with Crippen LogP contribution >= 0.6 is 0 Å². The van der Waals surface area contributed by atoms with Crippen molar-refractivity contribution in [3.8, 4) is 0 Å². The Balaban J connectivity index is 1.77. The minimum absolute atomic E-state index is 0.962. The van der Waals surface area contributed by atoms with E-state index in [2.05, 4.69) is 26.0 Å². The van der Waals surface area contributed by atoms with Crippen LogP contribution in [0.25, 0.3) is 0 Å². The lowest BCUT2D eigenvalue weighted by atomic mass is 9.82. The third-order valence-corrected chi connectivity index (χ3v) is 4.60. The molecule has 4 atom stereocenters. The van der Waals surface area contributed by atoms with Crippen molar-refractivity contribution in [2.75, 3.05) is 0 Å². The number of fused-ring (bicyclic) bond motifs is 2. The van der Waals surface area contributed by atoms with Gasteiger partial charge in [-0.05, 0) is 42.9 Å². The first-order chi connectivity index (χ1) is 7.33. The smallest absolute Gasteiger partial charge is 0.0199 e. The number of unbranched alkanes of at least 4 members (excludes halogenated alkanes) is 1. The lowest BCUT2D eigenvalue weighted by Gasteiger charge is -2.23. The van der Waals surface area contributed by atoms with Gasteiger partial charge < -0.3 is 0 Å². The molecule has 0 aromatic carbocycles. The summed E-state index contributed by atoms with van der Waals surface area (Å²) < 4.78 is 0. The highest BCUT2D eigenvalue weighted by molar-refractivity contribution is 5.10. The molecule has 86 valence electrons. The first kappa shape index (κ1) is 11.2. The predicted octanol–water partition coefficient (Wildman–Crippen LogP) is 4.81. The average molecular weight is 206 g/mol. The first-order valence-electron chi connectivity index (χ1n) is 7.01. The molecule has 2 bridgehead atoms. The largest absolute Gasteiger partial charge is 0.0851 e. The van der Waals surface area contributed by atoms with E-state index in [-0.39, 0.29) is 0 Å². The van der Waals surface area contributed by atoms with E-state index < -0.39 is 0 Å². The number of hydrogen-bond donors (Lipinski definition) is 0. The Kier molecular flexibility index (Phi) is 3.88. The molecule has 2 aliphatic rings. The highest BCUT2D eigenvalue weighted by atomic mass is 14.4. The highest BCUT2D eigenvalue weighted by Crippen LogP contribution is 2.46. The zero-order chi connectivity index (χ0) is 10.7. The van der Waals surface area contributed by atoms with Crippen molar-refractivity contribution in [2.24, 2.45) is 23.7 Å². The fourth-order valence-corrected chi connectivity index (χ4v) is 3.58. The molecule has 0 saturated heterocycles. The Morgan fingerprint density at radius 2 is 2.07 bits per heavy atom. The maximum Gasteiger partial charge on any atom is -0.0199 e. The summed E-state index contributed by atoms with van der Waals surface area (Å²) in [6.45, 7) is 4.69. The summed E-state index contributed by atoms with van der Waals surface area (Å²) in [6, 6.07) is 0. The number of allylic oxidation sites excluding steroid dienone is 2. The van der Waals surface area contributed by atoms with E-state index in [1.54, 1.807) is 0 Å². The third-order valence-electron chi connectivity index (χ3n) is 4.60. The quantitative estimate of drug-likeness (QED) is 0.547. The molecule has 0 spiro atoms. The van der Waals surface area contributed by atoms with Crippen molar-refractivity contribution in [3.05, 3.63) is 12.2 Å². The molecule has 2 rings (SSSR count). The van der Waals surface area contributed by atoms with Gasteiger partial charge in [-0.2, -0.15) is 0 Å². The van der Waals surface area contributed by atoms with Gasteiger partial charge in [0, 0.05) is 0 Å². The summed E-state index contributed by atoms with van der Waals surface area (Å²) in [5.41, 5.74) is 0. The van der Waals surface area contributed by atoms with E-state index >= 15 is 0 Å². The zero-order valence-electron chi connectivity index (χ0n) is 10.4. The van der Waals surface area contributed by atoms with Crippen LogP contribution in [0.15, 0.2) is 12.2 Å². The molecule has 1 saturated carbocycles. The van der Waals surface area contributed by atoms with Gasteiger partial charge in [0.2, 0.25) is 0 Å². The molecule has 4 unspecified atom stereocenters. The van der Waals surface area contributed by atoms with Crippen molar-refractivity contribution in [3.63, 3.8) is 0 Å². The standard InChI is InChI=1S/C15H26/c1-3-5-6-12(4-2)9-15-11-13-7-8-14(15)10-13/h7-8,12-15H,3-6,9-11H2,1-2H3. The number of hydrogen-bond acceptors (Lipinski definition) is 0. The second-order valence-corrected chi connectivity index (χ2v) is 5.69. The fraction of sp³-hybridized carbons (Fsp3) is 0.867. The van der Waals surface area contributed by atoms with Crippen molar-refractivity contribution in [1.82, 2.24) is 0 Å². The summed E-state index contributed by atoms with van der Waals surface area (Å²) in [5, 5.41) is 0. The molecule has 0 aromatic heterocycles. The van der Waals surface area contributed by atoms with E-state index in [1.165, 1.54) is 44.9 Å². The molecule has 2 aliphatic carbocycles. The highest BCUT2D eigenvalue weighted by Gasteiger charge is 2.36. The van der Waals surface area contributed by atoms with Crippen molar-refractivity contribution >= 4 is 0 Å². The van der Waals surface area contributed by atoms with E-state index in [0.717, 1.165) is 23.7 Å².